The number of esters is 1. The molecule has 0 bridgehead atoms. The van der Waals surface area contributed by atoms with Gasteiger partial charge in [-0.05, 0) is 12.1 Å². The monoisotopic (exact) mass is 248 g/mol. The summed E-state index contributed by atoms with van der Waals surface area (Å²) in [6.07, 6.45) is 3.16. The number of carbonyl (C=O) groups is 1. The maximum Gasteiger partial charge on any atom is 0.354 e. The summed E-state index contributed by atoms with van der Waals surface area (Å²) in [6, 6.07) is 1.53. The quantitative estimate of drug-likeness (QED) is 0.835. The second-order valence-corrected chi connectivity index (χ2v) is 3.80. The predicted molar refractivity (Wildman–Crippen MR) is 60.0 cm³/mol. The second-order valence-electron chi connectivity index (χ2n) is 2.80. The number of carbonyl (C=O) groups excluding carboxylic acids is 1. The minimum atomic E-state index is -0.453. The maximum absolute atomic E-state index is 11.3. The number of anilines is 1. The van der Waals surface area contributed by atoms with Crippen molar-refractivity contribution in [2.45, 2.75) is 6.54 Å². The summed E-state index contributed by atoms with van der Waals surface area (Å²) < 4.78 is 6.34. The zero-order valence-corrected chi connectivity index (χ0v) is 9.55. The van der Waals surface area contributed by atoms with Crippen molar-refractivity contribution in [2.75, 3.05) is 12.8 Å². The summed E-state index contributed by atoms with van der Waals surface area (Å²) in [6.45, 7) is 0.365. The number of nitrogens with two attached hydrogens (primary N) is 1. The van der Waals surface area contributed by atoms with E-state index in [1.807, 2.05) is 0 Å². The maximum atomic E-state index is 11.3. The van der Waals surface area contributed by atoms with Crippen LogP contribution in [0.3, 0.4) is 0 Å². The highest BCUT2D eigenvalue weighted by Gasteiger charge is 2.12. The van der Waals surface area contributed by atoms with E-state index in [-0.39, 0.29) is 4.49 Å². The highest BCUT2D eigenvalue weighted by atomic mass is 35.5. The van der Waals surface area contributed by atoms with Crippen molar-refractivity contribution in [3.05, 3.63) is 28.5 Å². The minimum Gasteiger partial charge on any atom is -0.464 e. The summed E-state index contributed by atoms with van der Waals surface area (Å²) >= 11 is 10.9. The van der Waals surface area contributed by atoms with Crippen LogP contribution in [-0.2, 0) is 11.3 Å². The smallest absolute Gasteiger partial charge is 0.354 e. The molecule has 1 aromatic rings. The molecule has 0 unspecified atom stereocenters. The van der Waals surface area contributed by atoms with Gasteiger partial charge in [0, 0.05) is 12.7 Å². The molecule has 82 valence electrons. The van der Waals surface area contributed by atoms with Crippen molar-refractivity contribution >= 4 is 34.9 Å². The van der Waals surface area contributed by atoms with Crippen LogP contribution in [-0.4, -0.2) is 17.6 Å². The summed E-state index contributed by atoms with van der Waals surface area (Å²) in [5.41, 5.74) is 6.41. The molecule has 4 nitrogen and oxygen atoms in total. The van der Waals surface area contributed by atoms with Crippen LogP contribution < -0.4 is 5.73 Å². The number of ether oxygens (including phenoxy) is 1. The molecule has 0 aliphatic carbocycles. The first-order chi connectivity index (χ1) is 7.04. The van der Waals surface area contributed by atoms with Gasteiger partial charge in [0.2, 0.25) is 0 Å². The molecule has 0 aromatic carbocycles. The van der Waals surface area contributed by atoms with E-state index in [0.29, 0.717) is 17.9 Å². The molecule has 0 saturated carbocycles. The Balaban J connectivity index is 2.96. The third kappa shape index (κ3) is 3.18. The van der Waals surface area contributed by atoms with Crippen molar-refractivity contribution < 1.29 is 9.53 Å². The number of hydrogen-bond acceptors (Lipinski definition) is 3. The molecule has 15 heavy (non-hydrogen) atoms. The van der Waals surface area contributed by atoms with E-state index >= 15 is 0 Å². The third-order valence-corrected chi connectivity index (χ3v) is 2.06. The molecule has 6 heteroatoms. The lowest BCUT2D eigenvalue weighted by Crippen LogP contribution is -2.09. The summed E-state index contributed by atoms with van der Waals surface area (Å²) in [5, 5.41) is 0. The molecule has 0 spiro atoms. The van der Waals surface area contributed by atoms with Gasteiger partial charge in [0.25, 0.3) is 0 Å². The molecule has 1 aromatic heterocycles. The number of nitrogens with zero attached hydrogens (tertiary/aromatic N) is 1. The number of nitrogen functional groups attached to an aromatic ring is 1. The van der Waals surface area contributed by atoms with Crippen LogP contribution in [0, 0.1) is 0 Å². The molecule has 0 fully saturated rings. The Hall–Kier alpha value is -1.13. The first-order valence-corrected chi connectivity index (χ1v) is 4.85. The zero-order chi connectivity index (χ0) is 11.4. The van der Waals surface area contributed by atoms with E-state index in [1.165, 1.54) is 13.2 Å². The molecular formula is C9H10Cl2N2O2. The van der Waals surface area contributed by atoms with Crippen LogP contribution in [0.4, 0.5) is 5.69 Å². The van der Waals surface area contributed by atoms with Crippen LogP contribution in [0.15, 0.2) is 22.8 Å². The molecular weight excluding hydrogens is 239 g/mol. The van der Waals surface area contributed by atoms with Gasteiger partial charge >= 0.3 is 5.97 Å². The van der Waals surface area contributed by atoms with Gasteiger partial charge in [-0.15, -0.1) is 0 Å². The van der Waals surface area contributed by atoms with Crippen LogP contribution in [0.1, 0.15) is 10.5 Å². The molecule has 0 radical (unpaired) electrons. The Morgan fingerprint density at radius 2 is 2.33 bits per heavy atom. The number of aromatic nitrogens is 1. The van der Waals surface area contributed by atoms with Gasteiger partial charge in [0.05, 0.1) is 12.8 Å². The van der Waals surface area contributed by atoms with Gasteiger partial charge in [-0.3, -0.25) is 0 Å². The normalized spacial score (nSPS) is 9.80. The molecule has 0 aliphatic rings. The van der Waals surface area contributed by atoms with Crippen molar-refractivity contribution in [2.24, 2.45) is 0 Å². The average Bonchev–Trinajstić information content (AvgIpc) is 2.55. The molecule has 0 aliphatic heterocycles. The lowest BCUT2D eigenvalue weighted by Gasteiger charge is -2.03. The van der Waals surface area contributed by atoms with E-state index < -0.39 is 5.97 Å². The second kappa shape index (κ2) is 5.09. The predicted octanol–water partition coefficient (Wildman–Crippen LogP) is 2.18. The summed E-state index contributed by atoms with van der Waals surface area (Å²) in [7, 11) is 1.31. The lowest BCUT2D eigenvalue weighted by molar-refractivity contribution is 0.0589. The topological polar surface area (TPSA) is 57.2 Å². The highest BCUT2D eigenvalue weighted by molar-refractivity contribution is 6.55. The molecule has 0 amide bonds. The molecule has 2 N–H and O–H groups in total. The largest absolute Gasteiger partial charge is 0.464 e. The zero-order valence-electron chi connectivity index (χ0n) is 8.04. The Labute approximate surface area is 97.2 Å². The lowest BCUT2D eigenvalue weighted by atomic mass is 10.4. The Morgan fingerprint density at radius 3 is 2.87 bits per heavy atom. The molecule has 0 saturated heterocycles. The van der Waals surface area contributed by atoms with Gasteiger partial charge in [0.1, 0.15) is 10.2 Å². The van der Waals surface area contributed by atoms with E-state index in [4.69, 9.17) is 28.9 Å². The van der Waals surface area contributed by atoms with E-state index in [2.05, 4.69) is 4.74 Å². The van der Waals surface area contributed by atoms with Gasteiger partial charge in [-0.2, -0.15) is 0 Å². The standard InChI is InChI=1S/C9H10Cl2N2O2/c1-15-9(14)7-4-6(12)5-13(7)3-2-8(10)11/h2,4-5H,3,12H2,1H3. The Bertz CT molecular complexity index is 395. The van der Waals surface area contributed by atoms with E-state index in [1.54, 1.807) is 16.8 Å². The first kappa shape index (κ1) is 11.9. The van der Waals surface area contributed by atoms with Crippen LogP contribution in [0.25, 0.3) is 0 Å². The van der Waals surface area contributed by atoms with Gasteiger partial charge in [-0.25, -0.2) is 4.79 Å². The Morgan fingerprint density at radius 1 is 1.67 bits per heavy atom. The molecule has 0 atom stereocenters. The van der Waals surface area contributed by atoms with Gasteiger partial charge < -0.3 is 15.0 Å². The van der Waals surface area contributed by atoms with Gasteiger partial charge in [-0.1, -0.05) is 23.2 Å². The van der Waals surface area contributed by atoms with Gasteiger partial charge in [0.15, 0.2) is 0 Å². The fraction of sp³-hybridized carbons (Fsp3) is 0.222. The summed E-state index contributed by atoms with van der Waals surface area (Å²) in [5.74, 6) is -0.453. The Kier molecular flexibility index (Phi) is 4.05. The number of methoxy groups -OCH3 is 1. The van der Waals surface area contributed by atoms with Crippen LogP contribution >= 0.6 is 23.2 Å². The molecule has 1 heterocycles. The minimum absolute atomic E-state index is 0.137. The van der Waals surface area contributed by atoms with Crippen molar-refractivity contribution in [1.29, 1.82) is 0 Å². The number of rotatable bonds is 3. The average molecular weight is 249 g/mol. The first-order valence-electron chi connectivity index (χ1n) is 4.09. The third-order valence-electron chi connectivity index (χ3n) is 1.75. The van der Waals surface area contributed by atoms with E-state index in [9.17, 15) is 4.79 Å². The van der Waals surface area contributed by atoms with Crippen LogP contribution in [0.5, 0.6) is 0 Å². The fourth-order valence-electron chi connectivity index (χ4n) is 1.13. The molecule has 1 rings (SSSR count). The van der Waals surface area contributed by atoms with E-state index in [0.717, 1.165) is 0 Å². The fourth-order valence-corrected chi connectivity index (χ4v) is 1.26. The van der Waals surface area contributed by atoms with Crippen molar-refractivity contribution in [3.8, 4) is 0 Å². The number of halogens is 2. The highest BCUT2D eigenvalue weighted by Crippen LogP contribution is 2.13. The summed E-state index contributed by atoms with van der Waals surface area (Å²) in [4.78, 5) is 11.3. The number of allylic oxidation sites excluding steroid dienone is 1. The van der Waals surface area contributed by atoms with Crippen molar-refractivity contribution in [1.82, 2.24) is 4.57 Å². The van der Waals surface area contributed by atoms with Crippen molar-refractivity contribution in [3.63, 3.8) is 0 Å². The SMILES string of the molecule is COC(=O)c1cc(N)cn1CC=C(Cl)Cl. The number of hydrogen-bond donors (Lipinski definition) is 1. The van der Waals surface area contributed by atoms with Crippen LogP contribution in [0.2, 0.25) is 0 Å².